The van der Waals surface area contributed by atoms with Crippen molar-refractivity contribution in [2.45, 2.75) is 0 Å². The third-order valence-corrected chi connectivity index (χ3v) is 13.1. The van der Waals surface area contributed by atoms with Crippen LogP contribution in [0.3, 0.4) is 0 Å². The van der Waals surface area contributed by atoms with Crippen molar-refractivity contribution in [2.24, 2.45) is 11.8 Å². The number of pyridine rings is 3. The van der Waals surface area contributed by atoms with Gasteiger partial charge in [0.2, 0.25) is 0 Å². The Morgan fingerprint density at radius 2 is 1.18 bits per heavy atom. The zero-order chi connectivity index (χ0) is 39.3. The fourth-order valence-electron chi connectivity index (χ4n) is 10.3. The van der Waals surface area contributed by atoms with Crippen molar-refractivity contribution in [1.29, 1.82) is 0 Å². The first-order valence-corrected chi connectivity index (χ1v) is 20.7. The van der Waals surface area contributed by atoms with Crippen LogP contribution in [0.2, 0.25) is 0 Å². The van der Waals surface area contributed by atoms with Gasteiger partial charge in [-0.05, 0) is 74.0 Å². The summed E-state index contributed by atoms with van der Waals surface area (Å²) in [6.07, 6.45) is 20.7. The van der Waals surface area contributed by atoms with Crippen LogP contribution in [-0.4, -0.2) is 15.0 Å². The second-order valence-electron chi connectivity index (χ2n) is 16.3. The molecule has 0 saturated carbocycles. The maximum atomic E-state index is 5.33. The predicted octanol–water partition coefficient (Wildman–Crippen LogP) is 14.0. The Balaban J connectivity index is 0.892. The number of rotatable bonds is 4. The van der Waals surface area contributed by atoms with Crippen molar-refractivity contribution in [3.05, 3.63) is 234 Å². The van der Waals surface area contributed by atoms with Crippen LogP contribution < -0.4 is 0 Å². The molecule has 4 aliphatic carbocycles. The van der Waals surface area contributed by atoms with E-state index in [0.29, 0.717) is 0 Å². The predicted molar refractivity (Wildman–Crippen MR) is 249 cm³/mol. The number of aromatic nitrogens is 3. The number of para-hydroxylation sites is 1. The molecular formula is C57H35N3. The average Bonchev–Trinajstić information content (AvgIpc) is 3.32. The lowest BCUT2D eigenvalue weighted by Crippen LogP contribution is -2.30. The smallest absolute Gasteiger partial charge is 0.0972 e. The zero-order valence-corrected chi connectivity index (χ0v) is 32.5. The number of allylic oxidation sites excluding steroid dienone is 14. The van der Waals surface area contributed by atoms with E-state index in [1.165, 1.54) is 65.9 Å². The summed E-state index contributed by atoms with van der Waals surface area (Å²) in [6.45, 7) is 0. The van der Waals surface area contributed by atoms with Crippen molar-refractivity contribution in [3.63, 3.8) is 0 Å². The minimum atomic E-state index is 0.218. The van der Waals surface area contributed by atoms with E-state index in [0.717, 1.165) is 55.4 Å². The second kappa shape index (κ2) is 12.9. The quantitative estimate of drug-likeness (QED) is 0.168. The largest absolute Gasteiger partial charge is 0.253 e. The van der Waals surface area contributed by atoms with Crippen molar-refractivity contribution in [3.8, 4) is 22.5 Å². The lowest BCUT2D eigenvalue weighted by molar-refractivity contribution is 0.569. The normalized spacial score (nSPS) is 17.9. The molecule has 6 aromatic carbocycles. The molecule has 9 aromatic rings. The molecule has 3 aromatic heterocycles. The molecule has 0 aliphatic heterocycles. The van der Waals surface area contributed by atoms with Gasteiger partial charge in [0.05, 0.1) is 27.9 Å². The van der Waals surface area contributed by atoms with E-state index in [1.807, 2.05) is 12.3 Å². The van der Waals surface area contributed by atoms with Crippen LogP contribution in [0.25, 0.3) is 87.9 Å². The molecule has 0 N–H and O–H groups in total. The van der Waals surface area contributed by atoms with Gasteiger partial charge in [0.25, 0.3) is 0 Å². The monoisotopic (exact) mass is 761 g/mol. The minimum Gasteiger partial charge on any atom is -0.253 e. The number of hydrogen-bond donors (Lipinski definition) is 0. The van der Waals surface area contributed by atoms with Gasteiger partial charge in [-0.15, -0.1) is 0 Å². The highest BCUT2D eigenvalue weighted by atomic mass is 14.8. The lowest BCUT2D eigenvalue weighted by atomic mass is 9.61. The summed E-state index contributed by atoms with van der Waals surface area (Å²) in [5.41, 5.74) is 17.3. The summed E-state index contributed by atoms with van der Waals surface area (Å²) in [5.74, 6) is 0.437. The third kappa shape index (κ3) is 4.99. The fourth-order valence-corrected chi connectivity index (χ4v) is 10.3. The summed E-state index contributed by atoms with van der Waals surface area (Å²) >= 11 is 0. The maximum absolute atomic E-state index is 5.33. The first kappa shape index (κ1) is 33.2. The Bertz CT molecular complexity index is 3580. The molecule has 0 saturated heterocycles. The fraction of sp³-hybridized carbons (Fsp3) is 0.0351. The van der Waals surface area contributed by atoms with Gasteiger partial charge >= 0.3 is 0 Å². The van der Waals surface area contributed by atoms with Crippen molar-refractivity contribution >= 4 is 65.4 Å². The van der Waals surface area contributed by atoms with E-state index in [-0.39, 0.29) is 11.8 Å². The van der Waals surface area contributed by atoms with Crippen LogP contribution in [0.15, 0.2) is 223 Å². The molecule has 278 valence electrons. The molecule has 2 atom stereocenters. The molecule has 0 radical (unpaired) electrons. The molecule has 0 fully saturated rings. The highest BCUT2D eigenvalue weighted by molar-refractivity contribution is 6.22. The van der Waals surface area contributed by atoms with Crippen LogP contribution in [0.4, 0.5) is 0 Å². The topological polar surface area (TPSA) is 38.7 Å². The van der Waals surface area contributed by atoms with Gasteiger partial charge in [-0.3, -0.25) is 4.98 Å². The number of hydrogen-bond acceptors (Lipinski definition) is 3. The molecule has 13 rings (SSSR count). The van der Waals surface area contributed by atoms with E-state index < -0.39 is 0 Å². The Morgan fingerprint density at radius 1 is 0.433 bits per heavy atom. The molecule has 3 nitrogen and oxygen atoms in total. The average molecular weight is 762 g/mol. The van der Waals surface area contributed by atoms with Crippen LogP contribution in [0, 0.1) is 11.8 Å². The van der Waals surface area contributed by atoms with E-state index >= 15 is 0 Å². The van der Waals surface area contributed by atoms with Gasteiger partial charge in [0, 0.05) is 61.7 Å². The van der Waals surface area contributed by atoms with Gasteiger partial charge in [-0.25, -0.2) is 9.97 Å². The first-order valence-electron chi connectivity index (χ1n) is 20.7. The molecule has 0 spiro atoms. The Hall–Kier alpha value is -7.75. The molecule has 3 heterocycles. The minimum absolute atomic E-state index is 0.218. The van der Waals surface area contributed by atoms with Gasteiger partial charge in [0.1, 0.15) is 0 Å². The Morgan fingerprint density at radius 3 is 2.13 bits per heavy atom. The Kier molecular flexibility index (Phi) is 7.13. The molecule has 0 bridgehead atoms. The highest BCUT2D eigenvalue weighted by Crippen LogP contribution is 2.54. The molecule has 4 aliphatic rings. The zero-order valence-electron chi connectivity index (χ0n) is 32.5. The van der Waals surface area contributed by atoms with E-state index in [4.69, 9.17) is 15.0 Å². The van der Waals surface area contributed by atoms with Crippen LogP contribution in [0.5, 0.6) is 0 Å². The van der Waals surface area contributed by atoms with Crippen molar-refractivity contribution < 1.29 is 0 Å². The second-order valence-corrected chi connectivity index (χ2v) is 16.3. The van der Waals surface area contributed by atoms with Gasteiger partial charge < -0.3 is 0 Å². The molecule has 0 amide bonds. The number of fused-ring (bicyclic) bond motifs is 8. The van der Waals surface area contributed by atoms with E-state index in [9.17, 15) is 0 Å². The SMILES string of the molecule is C1=CC2=C(c3cccc(-c4nc5ccccc5c5c4ccc4ccccc45)c3)C=CC3=CC=C4C(c5cnc6c(ccc7ccc(-c8ccccc8)nc76)c5)=CC=C1C4C32. The standard InChI is InChI=1S/C57H35N3/c1-2-10-35(11-3-1)50-30-24-38-17-18-41-32-42(33-58-56(41)57(38)59-50)44-26-21-37-22-27-46-43(25-20-36-23-28-47(44)53(37)52(36)46)39-12-8-13-40(31-39)55-49-29-19-34-9-4-5-14-45(34)54(49)48-15-6-7-16-51(48)60-55/h1-33,52-53H. The first-order chi connectivity index (χ1) is 29.7. The third-order valence-electron chi connectivity index (χ3n) is 13.1. The lowest BCUT2D eigenvalue weighted by Gasteiger charge is -2.42. The highest BCUT2D eigenvalue weighted by Gasteiger charge is 2.40. The molecule has 2 unspecified atom stereocenters. The van der Waals surface area contributed by atoms with Gasteiger partial charge in [-0.2, -0.15) is 0 Å². The van der Waals surface area contributed by atoms with Crippen LogP contribution in [0.1, 0.15) is 11.1 Å². The van der Waals surface area contributed by atoms with Crippen molar-refractivity contribution in [1.82, 2.24) is 15.0 Å². The number of nitrogens with zero attached hydrogens (tertiary/aromatic N) is 3. The maximum Gasteiger partial charge on any atom is 0.0972 e. The van der Waals surface area contributed by atoms with Crippen molar-refractivity contribution in [2.75, 3.05) is 0 Å². The Labute approximate surface area is 347 Å². The summed E-state index contributed by atoms with van der Waals surface area (Å²) in [5, 5.41) is 8.30. The molecule has 3 heteroatoms. The van der Waals surface area contributed by atoms with Crippen LogP contribution in [-0.2, 0) is 0 Å². The summed E-state index contributed by atoms with van der Waals surface area (Å²) in [4.78, 5) is 15.6. The molecule has 60 heavy (non-hydrogen) atoms. The van der Waals surface area contributed by atoms with E-state index in [1.54, 1.807) is 0 Å². The van der Waals surface area contributed by atoms with Crippen LogP contribution >= 0.6 is 0 Å². The summed E-state index contributed by atoms with van der Waals surface area (Å²) in [6, 6.07) is 52.0. The van der Waals surface area contributed by atoms with Gasteiger partial charge in [0.15, 0.2) is 0 Å². The van der Waals surface area contributed by atoms with Gasteiger partial charge in [-0.1, -0.05) is 170 Å². The van der Waals surface area contributed by atoms with E-state index in [2.05, 4.69) is 188 Å². The number of benzene rings is 6. The molecular weight excluding hydrogens is 727 g/mol. The summed E-state index contributed by atoms with van der Waals surface area (Å²) < 4.78 is 0. The summed E-state index contributed by atoms with van der Waals surface area (Å²) in [7, 11) is 0.